The Morgan fingerprint density at radius 2 is 1.95 bits per heavy atom. The van der Waals surface area contributed by atoms with Crippen LogP contribution in [0.5, 0.6) is 11.5 Å². The van der Waals surface area contributed by atoms with Gasteiger partial charge in [0.2, 0.25) is 5.91 Å². The number of benzene rings is 1. The first-order chi connectivity index (χ1) is 9.03. The van der Waals surface area contributed by atoms with Gasteiger partial charge in [0.25, 0.3) is 0 Å². The van der Waals surface area contributed by atoms with Crippen LogP contribution in [0.2, 0.25) is 5.02 Å². The quantitative estimate of drug-likeness (QED) is 0.842. The molecule has 0 saturated carbocycles. The van der Waals surface area contributed by atoms with Crippen LogP contribution in [0.1, 0.15) is 19.8 Å². The van der Waals surface area contributed by atoms with E-state index < -0.39 is 6.04 Å². The molecule has 0 aliphatic carbocycles. The zero-order chi connectivity index (χ0) is 14.4. The third kappa shape index (κ3) is 4.01. The van der Waals surface area contributed by atoms with Crippen LogP contribution in [0.4, 0.5) is 5.69 Å². The van der Waals surface area contributed by atoms with E-state index in [0.717, 1.165) is 6.42 Å². The second-order valence-electron chi connectivity index (χ2n) is 4.07. The molecule has 0 aromatic heterocycles. The van der Waals surface area contributed by atoms with E-state index in [1.807, 2.05) is 6.92 Å². The monoisotopic (exact) mass is 286 g/mol. The lowest BCUT2D eigenvalue weighted by Crippen LogP contribution is -2.35. The van der Waals surface area contributed by atoms with Gasteiger partial charge in [0.05, 0.1) is 31.0 Å². The van der Waals surface area contributed by atoms with Crippen LogP contribution in [-0.4, -0.2) is 26.2 Å². The second kappa shape index (κ2) is 7.21. The molecule has 6 heteroatoms. The summed E-state index contributed by atoms with van der Waals surface area (Å²) in [5.41, 5.74) is 6.20. The summed E-state index contributed by atoms with van der Waals surface area (Å²) in [6.07, 6.45) is 1.46. The fourth-order valence-corrected chi connectivity index (χ4v) is 1.82. The molecule has 3 N–H and O–H groups in total. The van der Waals surface area contributed by atoms with Gasteiger partial charge < -0.3 is 20.5 Å². The maximum absolute atomic E-state index is 11.8. The summed E-state index contributed by atoms with van der Waals surface area (Å²) in [4.78, 5) is 11.8. The minimum Gasteiger partial charge on any atom is -0.493 e. The lowest BCUT2D eigenvalue weighted by Gasteiger charge is -2.15. The molecule has 0 saturated heterocycles. The van der Waals surface area contributed by atoms with Gasteiger partial charge in [-0.15, -0.1) is 0 Å². The Labute approximate surface area is 118 Å². The van der Waals surface area contributed by atoms with Gasteiger partial charge in [0.15, 0.2) is 11.5 Å². The number of amides is 1. The van der Waals surface area contributed by atoms with Crippen LogP contribution in [0.3, 0.4) is 0 Å². The van der Waals surface area contributed by atoms with Crippen molar-refractivity contribution in [2.45, 2.75) is 25.8 Å². The molecule has 1 atom stereocenters. The molecule has 1 aromatic carbocycles. The minimum absolute atomic E-state index is 0.268. The molecule has 0 aliphatic heterocycles. The fourth-order valence-electron chi connectivity index (χ4n) is 1.62. The molecule has 1 rings (SSSR count). The number of carbonyl (C=O) groups excluding carboxylic acids is 1. The molecule has 0 bridgehead atoms. The summed E-state index contributed by atoms with van der Waals surface area (Å²) in [5.74, 6) is 0.727. The maximum Gasteiger partial charge on any atom is 0.241 e. The molecule has 0 heterocycles. The Morgan fingerprint density at radius 3 is 2.47 bits per heavy atom. The topological polar surface area (TPSA) is 73.6 Å². The lowest BCUT2D eigenvalue weighted by atomic mass is 10.1. The van der Waals surface area contributed by atoms with Crippen molar-refractivity contribution < 1.29 is 14.3 Å². The van der Waals surface area contributed by atoms with Crippen LogP contribution < -0.4 is 20.5 Å². The van der Waals surface area contributed by atoms with E-state index in [2.05, 4.69) is 5.32 Å². The van der Waals surface area contributed by atoms with Crippen molar-refractivity contribution in [2.24, 2.45) is 5.73 Å². The molecule has 1 amide bonds. The number of methoxy groups -OCH3 is 2. The van der Waals surface area contributed by atoms with Crippen LogP contribution >= 0.6 is 11.6 Å². The molecule has 0 fully saturated rings. The van der Waals surface area contributed by atoms with Crippen LogP contribution in [0.15, 0.2) is 12.1 Å². The summed E-state index contributed by atoms with van der Waals surface area (Å²) >= 11 is 6.07. The Bertz CT molecular complexity index is 452. The van der Waals surface area contributed by atoms with Crippen LogP contribution in [0, 0.1) is 0 Å². The van der Waals surface area contributed by atoms with Crippen LogP contribution in [-0.2, 0) is 4.79 Å². The van der Waals surface area contributed by atoms with Gasteiger partial charge in [0.1, 0.15) is 0 Å². The number of ether oxygens (including phenoxy) is 2. The lowest BCUT2D eigenvalue weighted by molar-refractivity contribution is -0.117. The van der Waals surface area contributed by atoms with E-state index in [4.69, 9.17) is 26.8 Å². The first-order valence-corrected chi connectivity index (χ1v) is 6.39. The Morgan fingerprint density at radius 1 is 1.37 bits per heavy atom. The van der Waals surface area contributed by atoms with E-state index in [1.165, 1.54) is 14.2 Å². The number of nitrogens with two attached hydrogens (primary N) is 1. The van der Waals surface area contributed by atoms with Gasteiger partial charge in [-0.05, 0) is 6.42 Å². The van der Waals surface area contributed by atoms with Gasteiger partial charge in [-0.3, -0.25) is 4.79 Å². The molecule has 0 aliphatic rings. The molecule has 106 valence electrons. The summed E-state index contributed by atoms with van der Waals surface area (Å²) < 4.78 is 10.3. The number of hydrogen-bond donors (Lipinski definition) is 2. The van der Waals surface area contributed by atoms with Crippen molar-refractivity contribution in [3.8, 4) is 11.5 Å². The second-order valence-corrected chi connectivity index (χ2v) is 4.48. The molecule has 1 aromatic rings. The third-order valence-electron chi connectivity index (χ3n) is 2.67. The van der Waals surface area contributed by atoms with E-state index >= 15 is 0 Å². The SMILES string of the molecule is CCC[C@H](N)C(=O)Nc1cc(OC)c(OC)cc1Cl. The van der Waals surface area contributed by atoms with E-state index in [9.17, 15) is 4.79 Å². The van der Waals surface area contributed by atoms with E-state index in [1.54, 1.807) is 12.1 Å². The molecule has 0 spiro atoms. The minimum atomic E-state index is -0.547. The van der Waals surface area contributed by atoms with Crippen molar-refractivity contribution in [3.63, 3.8) is 0 Å². The number of rotatable bonds is 6. The summed E-state index contributed by atoms with van der Waals surface area (Å²) in [5, 5.41) is 3.06. The van der Waals surface area contributed by atoms with Crippen LogP contribution in [0.25, 0.3) is 0 Å². The van der Waals surface area contributed by atoms with Gasteiger partial charge in [-0.1, -0.05) is 24.9 Å². The van der Waals surface area contributed by atoms with Crippen molar-refractivity contribution in [1.29, 1.82) is 0 Å². The molecule has 19 heavy (non-hydrogen) atoms. The summed E-state index contributed by atoms with van der Waals surface area (Å²) in [6.45, 7) is 1.97. The highest BCUT2D eigenvalue weighted by Gasteiger charge is 2.16. The zero-order valence-electron chi connectivity index (χ0n) is 11.3. The first kappa shape index (κ1) is 15.6. The van der Waals surface area contributed by atoms with Gasteiger partial charge in [-0.25, -0.2) is 0 Å². The third-order valence-corrected chi connectivity index (χ3v) is 2.98. The van der Waals surface area contributed by atoms with E-state index in [-0.39, 0.29) is 5.91 Å². The van der Waals surface area contributed by atoms with E-state index in [0.29, 0.717) is 28.6 Å². The Balaban J connectivity index is 2.92. The number of hydrogen-bond acceptors (Lipinski definition) is 4. The fraction of sp³-hybridized carbons (Fsp3) is 0.462. The number of carbonyl (C=O) groups is 1. The standard InChI is InChI=1S/C13H19ClN2O3/c1-4-5-9(15)13(17)16-10-7-12(19-3)11(18-2)6-8(10)14/h6-7,9H,4-5,15H2,1-3H3,(H,16,17)/t9-/m0/s1. The average molecular weight is 287 g/mol. The summed E-state index contributed by atoms with van der Waals surface area (Å²) in [7, 11) is 3.03. The van der Waals surface area contributed by atoms with Gasteiger partial charge in [0, 0.05) is 12.1 Å². The Hall–Kier alpha value is -1.46. The normalized spacial score (nSPS) is 11.8. The van der Waals surface area contributed by atoms with Crippen molar-refractivity contribution in [1.82, 2.24) is 0 Å². The highest BCUT2D eigenvalue weighted by Crippen LogP contribution is 2.36. The number of anilines is 1. The first-order valence-electron chi connectivity index (χ1n) is 6.01. The molecule has 0 unspecified atom stereocenters. The number of halogens is 1. The largest absolute Gasteiger partial charge is 0.493 e. The molecular weight excluding hydrogens is 268 g/mol. The molecular formula is C13H19ClN2O3. The maximum atomic E-state index is 11.8. The van der Waals surface area contributed by atoms with Crippen molar-refractivity contribution >= 4 is 23.2 Å². The van der Waals surface area contributed by atoms with Crippen molar-refractivity contribution in [2.75, 3.05) is 19.5 Å². The average Bonchev–Trinajstić information content (AvgIpc) is 2.40. The van der Waals surface area contributed by atoms with Crippen molar-refractivity contribution in [3.05, 3.63) is 17.2 Å². The smallest absolute Gasteiger partial charge is 0.241 e. The molecule has 0 radical (unpaired) electrons. The molecule has 5 nitrogen and oxygen atoms in total. The summed E-state index contributed by atoms with van der Waals surface area (Å²) in [6, 6.07) is 2.65. The highest BCUT2D eigenvalue weighted by molar-refractivity contribution is 6.34. The highest BCUT2D eigenvalue weighted by atomic mass is 35.5. The zero-order valence-corrected chi connectivity index (χ0v) is 12.1. The predicted molar refractivity (Wildman–Crippen MR) is 76.1 cm³/mol. The number of nitrogens with one attached hydrogen (secondary N) is 1. The predicted octanol–water partition coefficient (Wildman–Crippen LogP) is 2.42. The van der Waals surface area contributed by atoms with Gasteiger partial charge in [-0.2, -0.15) is 0 Å². The van der Waals surface area contributed by atoms with Gasteiger partial charge >= 0.3 is 0 Å². The Kier molecular flexibility index (Phi) is 5.92.